The average Bonchev–Trinajstić information content (AvgIpc) is 2.44. The quantitative estimate of drug-likeness (QED) is 0.469. The smallest absolute Gasteiger partial charge is 0.189 e. The number of likely N-dealkylation sites (tertiary alicyclic amines) is 1. The van der Waals surface area contributed by atoms with Crippen LogP contribution >= 0.6 is 0 Å². The monoisotopic (exact) mass is 154 g/mol. The fourth-order valence-electron chi connectivity index (χ4n) is 1.90. The highest BCUT2D eigenvalue weighted by molar-refractivity contribution is 5.80. The first-order valence-corrected chi connectivity index (χ1v) is 3.97. The number of aliphatic imine (C=N–C) groups is 1. The molecule has 1 unspecified atom stereocenters. The highest BCUT2D eigenvalue weighted by atomic mass is 15.3. The summed E-state index contributed by atoms with van der Waals surface area (Å²) >= 11 is 0. The van der Waals surface area contributed by atoms with Crippen molar-refractivity contribution in [2.45, 2.75) is 12.0 Å². The van der Waals surface area contributed by atoms with Gasteiger partial charge in [0.1, 0.15) is 0 Å². The molecule has 1 spiro atoms. The third-order valence-electron chi connectivity index (χ3n) is 2.49. The van der Waals surface area contributed by atoms with Crippen LogP contribution in [0.15, 0.2) is 4.99 Å². The number of hydrogen-bond acceptors (Lipinski definition) is 4. The topological polar surface area (TPSA) is 53.6 Å². The summed E-state index contributed by atoms with van der Waals surface area (Å²) in [5.41, 5.74) is 5.73. The first-order chi connectivity index (χ1) is 5.20. The molecule has 2 heterocycles. The molecule has 2 aliphatic heterocycles. The summed E-state index contributed by atoms with van der Waals surface area (Å²) in [5.74, 6) is 0.611. The Balaban J connectivity index is 2.05. The van der Waals surface area contributed by atoms with Crippen LogP contribution in [0.5, 0.6) is 0 Å². The molecular formula is C7H14N4. The Morgan fingerprint density at radius 3 is 3.00 bits per heavy atom. The molecule has 3 N–H and O–H groups in total. The number of rotatable bonds is 0. The van der Waals surface area contributed by atoms with Crippen LogP contribution in [-0.4, -0.2) is 43.1 Å². The van der Waals surface area contributed by atoms with E-state index in [1.807, 2.05) is 0 Å². The molecule has 0 aromatic carbocycles. The molecular weight excluding hydrogens is 140 g/mol. The van der Waals surface area contributed by atoms with Gasteiger partial charge in [-0.2, -0.15) is 0 Å². The van der Waals surface area contributed by atoms with Crippen LogP contribution in [0.3, 0.4) is 0 Å². The largest absolute Gasteiger partial charge is 0.370 e. The molecule has 4 heteroatoms. The minimum atomic E-state index is 0.179. The third-order valence-corrected chi connectivity index (χ3v) is 2.49. The lowest BCUT2D eigenvalue weighted by atomic mass is 10.0. The van der Waals surface area contributed by atoms with Gasteiger partial charge in [-0.05, 0) is 13.5 Å². The van der Waals surface area contributed by atoms with Crippen molar-refractivity contribution >= 4 is 5.96 Å². The molecule has 0 bridgehead atoms. The van der Waals surface area contributed by atoms with E-state index in [9.17, 15) is 0 Å². The first kappa shape index (κ1) is 6.91. The van der Waals surface area contributed by atoms with Gasteiger partial charge in [0.25, 0.3) is 0 Å². The molecule has 11 heavy (non-hydrogen) atoms. The van der Waals surface area contributed by atoms with Crippen molar-refractivity contribution in [1.82, 2.24) is 10.2 Å². The molecule has 62 valence electrons. The summed E-state index contributed by atoms with van der Waals surface area (Å²) < 4.78 is 0. The maximum atomic E-state index is 5.56. The van der Waals surface area contributed by atoms with Gasteiger partial charge in [-0.1, -0.05) is 0 Å². The number of guanidine groups is 1. The fourth-order valence-corrected chi connectivity index (χ4v) is 1.90. The van der Waals surface area contributed by atoms with Crippen LogP contribution < -0.4 is 11.1 Å². The zero-order chi connectivity index (χ0) is 7.90. The number of hydrogen-bond donors (Lipinski definition) is 2. The second kappa shape index (κ2) is 2.11. The summed E-state index contributed by atoms with van der Waals surface area (Å²) in [4.78, 5) is 6.47. The summed E-state index contributed by atoms with van der Waals surface area (Å²) in [6.45, 7) is 3.07. The Morgan fingerprint density at radius 2 is 2.55 bits per heavy atom. The van der Waals surface area contributed by atoms with Gasteiger partial charge in [0.2, 0.25) is 0 Å². The summed E-state index contributed by atoms with van der Waals surface area (Å²) in [6.07, 6.45) is 1.16. The fraction of sp³-hybridized carbons (Fsp3) is 0.857. The zero-order valence-corrected chi connectivity index (χ0v) is 6.80. The van der Waals surface area contributed by atoms with E-state index < -0.39 is 0 Å². The van der Waals surface area contributed by atoms with Crippen LogP contribution in [-0.2, 0) is 0 Å². The maximum absolute atomic E-state index is 5.56. The number of nitrogens with one attached hydrogen (secondary N) is 1. The van der Waals surface area contributed by atoms with Crippen molar-refractivity contribution in [3.63, 3.8) is 0 Å². The maximum Gasteiger partial charge on any atom is 0.189 e. The van der Waals surface area contributed by atoms with Crippen molar-refractivity contribution in [1.29, 1.82) is 0 Å². The first-order valence-electron chi connectivity index (χ1n) is 3.97. The van der Waals surface area contributed by atoms with Gasteiger partial charge in [0.05, 0.1) is 12.1 Å². The van der Waals surface area contributed by atoms with Crippen LogP contribution in [0.25, 0.3) is 0 Å². The molecule has 1 saturated heterocycles. The molecule has 1 atom stereocenters. The highest BCUT2D eigenvalue weighted by Gasteiger charge is 2.39. The molecule has 2 rings (SSSR count). The number of nitrogens with zero attached hydrogens (tertiary/aromatic N) is 2. The summed E-state index contributed by atoms with van der Waals surface area (Å²) in [6, 6.07) is 0. The Bertz CT molecular complexity index is 201. The van der Waals surface area contributed by atoms with Crippen molar-refractivity contribution < 1.29 is 0 Å². The van der Waals surface area contributed by atoms with Gasteiger partial charge in [-0.3, -0.25) is 4.99 Å². The van der Waals surface area contributed by atoms with Crippen LogP contribution in [0.1, 0.15) is 6.42 Å². The van der Waals surface area contributed by atoms with Gasteiger partial charge >= 0.3 is 0 Å². The van der Waals surface area contributed by atoms with Gasteiger partial charge in [0.15, 0.2) is 5.96 Å². The standard InChI is InChI=1S/C7H14N4/c1-11-3-2-7(5-11)4-9-6(8)10-7/h2-5H2,1H3,(H3,8,9,10). The van der Waals surface area contributed by atoms with Gasteiger partial charge in [-0.25, -0.2) is 0 Å². The van der Waals surface area contributed by atoms with E-state index in [-0.39, 0.29) is 5.54 Å². The Morgan fingerprint density at radius 1 is 1.73 bits per heavy atom. The second-order valence-corrected chi connectivity index (χ2v) is 3.59. The molecule has 0 aromatic rings. The Hall–Kier alpha value is -0.770. The lowest BCUT2D eigenvalue weighted by Crippen LogP contribution is -2.49. The van der Waals surface area contributed by atoms with E-state index in [1.165, 1.54) is 0 Å². The SMILES string of the molecule is CN1CCC2(CN=C(N)N2)C1. The Kier molecular flexibility index (Phi) is 1.32. The van der Waals surface area contributed by atoms with E-state index in [0.717, 1.165) is 26.1 Å². The normalized spacial score (nSPS) is 37.7. The predicted molar refractivity (Wildman–Crippen MR) is 44.5 cm³/mol. The number of nitrogens with two attached hydrogens (primary N) is 1. The Labute approximate surface area is 66.5 Å². The molecule has 0 amide bonds. The average molecular weight is 154 g/mol. The molecule has 1 fully saturated rings. The third kappa shape index (κ3) is 1.07. The summed E-state index contributed by atoms with van der Waals surface area (Å²) in [5, 5.41) is 3.25. The van der Waals surface area contributed by atoms with Crippen molar-refractivity contribution in [2.75, 3.05) is 26.7 Å². The molecule has 0 aromatic heterocycles. The van der Waals surface area contributed by atoms with Gasteiger partial charge < -0.3 is 16.0 Å². The minimum absolute atomic E-state index is 0.179. The lowest BCUT2D eigenvalue weighted by molar-refractivity contribution is 0.362. The zero-order valence-electron chi connectivity index (χ0n) is 6.80. The molecule has 0 saturated carbocycles. The van der Waals surface area contributed by atoms with Crippen LogP contribution in [0.4, 0.5) is 0 Å². The molecule has 0 aliphatic carbocycles. The van der Waals surface area contributed by atoms with Gasteiger partial charge in [-0.15, -0.1) is 0 Å². The van der Waals surface area contributed by atoms with Crippen LogP contribution in [0.2, 0.25) is 0 Å². The molecule has 0 radical (unpaired) electrons. The second-order valence-electron chi connectivity index (χ2n) is 3.59. The lowest BCUT2D eigenvalue weighted by Gasteiger charge is -2.22. The highest BCUT2D eigenvalue weighted by Crippen LogP contribution is 2.22. The van der Waals surface area contributed by atoms with E-state index in [0.29, 0.717) is 5.96 Å². The van der Waals surface area contributed by atoms with Crippen molar-refractivity contribution in [3.05, 3.63) is 0 Å². The minimum Gasteiger partial charge on any atom is -0.370 e. The van der Waals surface area contributed by atoms with Gasteiger partial charge in [0, 0.05) is 13.1 Å². The molecule has 4 nitrogen and oxygen atoms in total. The van der Waals surface area contributed by atoms with Crippen LogP contribution in [0, 0.1) is 0 Å². The predicted octanol–water partition coefficient (Wildman–Crippen LogP) is -1.02. The van der Waals surface area contributed by atoms with E-state index >= 15 is 0 Å². The van der Waals surface area contributed by atoms with E-state index in [4.69, 9.17) is 5.73 Å². The number of likely N-dealkylation sites (N-methyl/N-ethyl adjacent to an activating group) is 1. The van der Waals surface area contributed by atoms with E-state index in [2.05, 4.69) is 22.3 Å². The van der Waals surface area contributed by atoms with Crippen molar-refractivity contribution in [3.8, 4) is 0 Å². The molecule has 2 aliphatic rings. The van der Waals surface area contributed by atoms with E-state index in [1.54, 1.807) is 0 Å². The van der Waals surface area contributed by atoms with Crippen molar-refractivity contribution in [2.24, 2.45) is 10.7 Å². The summed E-state index contributed by atoms with van der Waals surface area (Å²) in [7, 11) is 2.13.